The van der Waals surface area contributed by atoms with Gasteiger partial charge in [0, 0.05) is 37.8 Å². The van der Waals surface area contributed by atoms with Crippen molar-refractivity contribution in [2.45, 2.75) is 4.90 Å². The van der Waals surface area contributed by atoms with E-state index >= 15 is 0 Å². The fourth-order valence-electron chi connectivity index (χ4n) is 4.19. The van der Waals surface area contributed by atoms with Crippen LogP contribution in [0.15, 0.2) is 71.6 Å². The third-order valence-corrected chi connectivity index (χ3v) is 8.08. The molecule has 1 saturated heterocycles. The van der Waals surface area contributed by atoms with Gasteiger partial charge in [-0.25, -0.2) is 18.4 Å². The fourth-order valence-corrected chi connectivity index (χ4v) is 5.41. The normalized spacial score (nSPS) is 14.3. The van der Waals surface area contributed by atoms with E-state index in [1.54, 1.807) is 53.4 Å². The van der Waals surface area contributed by atoms with Gasteiger partial charge in [-0.05, 0) is 49.5 Å². The van der Waals surface area contributed by atoms with E-state index in [-0.39, 0.29) is 22.4 Å². The number of hydrogen-bond acceptors (Lipinski definition) is 8. The Bertz CT molecular complexity index is 1640. The van der Waals surface area contributed by atoms with Crippen molar-refractivity contribution in [3.05, 3.63) is 77.3 Å². The van der Waals surface area contributed by atoms with Gasteiger partial charge in [0.25, 0.3) is 15.9 Å². The topological polar surface area (TPSA) is 117 Å². The molecule has 39 heavy (non-hydrogen) atoms. The molecule has 2 N–H and O–H groups in total. The van der Waals surface area contributed by atoms with Crippen LogP contribution in [0.1, 0.15) is 10.4 Å². The molecule has 1 aromatic heterocycles. The number of hydrogen-bond donors (Lipinski definition) is 2. The molecule has 0 spiro atoms. The molecule has 0 radical (unpaired) electrons. The molecule has 1 fully saturated rings. The van der Waals surface area contributed by atoms with Gasteiger partial charge in [0.15, 0.2) is 11.6 Å². The van der Waals surface area contributed by atoms with Crippen LogP contribution in [0.25, 0.3) is 11.0 Å². The van der Waals surface area contributed by atoms with Crippen LogP contribution in [-0.4, -0.2) is 74.4 Å². The summed E-state index contributed by atoms with van der Waals surface area (Å²) in [6.07, 6.45) is 0. The summed E-state index contributed by atoms with van der Waals surface area (Å²) in [5, 5.41) is 3.46. The Kier molecular flexibility index (Phi) is 7.56. The van der Waals surface area contributed by atoms with E-state index in [0.29, 0.717) is 46.1 Å². The first-order valence-electron chi connectivity index (χ1n) is 12.2. The van der Waals surface area contributed by atoms with Gasteiger partial charge in [-0.3, -0.25) is 9.52 Å². The van der Waals surface area contributed by atoms with Gasteiger partial charge in [0.05, 0.1) is 33.7 Å². The molecule has 5 rings (SSSR count). The highest BCUT2D eigenvalue weighted by Crippen LogP contribution is 2.32. The smallest absolute Gasteiger partial charge is 0.263 e. The monoisotopic (exact) mass is 566 g/mol. The van der Waals surface area contributed by atoms with Crippen LogP contribution in [0.4, 0.5) is 17.3 Å². The minimum absolute atomic E-state index is 0.0246. The number of benzene rings is 3. The molecule has 0 atom stereocenters. The van der Waals surface area contributed by atoms with Crippen molar-refractivity contribution in [3.63, 3.8) is 0 Å². The molecule has 0 aliphatic carbocycles. The van der Waals surface area contributed by atoms with Crippen LogP contribution in [0.3, 0.4) is 0 Å². The van der Waals surface area contributed by atoms with Gasteiger partial charge < -0.3 is 19.9 Å². The molecule has 0 unspecified atom stereocenters. The van der Waals surface area contributed by atoms with Crippen LogP contribution in [0, 0.1) is 0 Å². The first-order chi connectivity index (χ1) is 18.7. The molecule has 1 amide bonds. The number of nitrogens with zero attached hydrogens (tertiary/aromatic N) is 4. The number of likely N-dealkylation sites (N-methyl/N-ethyl adjacent to an activating group) is 1. The minimum Gasteiger partial charge on any atom is -0.497 e. The van der Waals surface area contributed by atoms with E-state index in [9.17, 15) is 13.2 Å². The number of carbonyl (C=O) groups excluding carboxylic acids is 1. The Balaban J connectivity index is 1.48. The molecule has 4 aromatic rings. The van der Waals surface area contributed by atoms with Crippen molar-refractivity contribution >= 4 is 55.9 Å². The van der Waals surface area contributed by atoms with Gasteiger partial charge in [0.2, 0.25) is 0 Å². The molecular formula is C27H27ClN6O4S. The summed E-state index contributed by atoms with van der Waals surface area (Å²) >= 11 is 6.38. The van der Waals surface area contributed by atoms with Crippen molar-refractivity contribution in [2.75, 3.05) is 50.4 Å². The van der Waals surface area contributed by atoms with E-state index in [0.717, 1.165) is 13.1 Å². The van der Waals surface area contributed by atoms with Crippen molar-refractivity contribution < 1.29 is 17.9 Å². The lowest BCUT2D eigenvalue weighted by atomic mass is 10.2. The Hall–Kier alpha value is -3.93. The maximum atomic E-state index is 13.5. The van der Waals surface area contributed by atoms with Crippen molar-refractivity contribution in [1.29, 1.82) is 0 Å². The maximum absolute atomic E-state index is 13.5. The lowest BCUT2D eigenvalue weighted by Gasteiger charge is -2.32. The highest BCUT2D eigenvalue weighted by molar-refractivity contribution is 7.92. The first kappa shape index (κ1) is 26.7. The number of amides is 1. The molecule has 1 aliphatic heterocycles. The zero-order valence-corrected chi connectivity index (χ0v) is 23.0. The maximum Gasteiger partial charge on any atom is 0.263 e. The molecule has 0 saturated carbocycles. The predicted octanol–water partition coefficient (Wildman–Crippen LogP) is 4.22. The minimum atomic E-state index is -4.14. The second kappa shape index (κ2) is 11.0. The number of piperazine rings is 1. The second-order valence-corrected chi connectivity index (χ2v) is 11.2. The molecule has 0 bridgehead atoms. The molecule has 3 aromatic carbocycles. The highest BCUT2D eigenvalue weighted by atomic mass is 35.5. The van der Waals surface area contributed by atoms with E-state index < -0.39 is 10.0 Å². The fraction of sp³-hybridized carbons (Fsp3) is 0.222. The summed E-state index contributed by atoms with van der Waals surface area (Å²) < 4.78 is 34.9. The van der Waals surface area contributed by atoms with Gasteiger partial charge in [-0.15, -0.1) is 0 Å². The van der Waals surface area contributed by atoms with Crippen LogP contribution < -0.4 is 14.8 Å². The first-order valence-corrected chi connectivity index (χ1v) is 14.1. The average molecular weight is 567 g/mol. The quantitative estimate of drug-likeness (QED) is 0.341. The van der Waals surface area contributed by atoms with E-state index in [4.69, 9.17) is 16.3 Å². The van der Waals surface area contributed by atoms with E-state index in [1.807, 2.05) is 13.1 Å². The summed E-state index contributed by atoms with van der Waals surface area (Å²) in [4.78, 5) is 26.0. The van der Waals surface area contributed by atoms with Gasteiger partial charge in [-0.2, -0.15) is 0 Å². The average Bonchev–Trinajstić information content (AvgIpc) is 2.94. The molecule has 2 heterocycles. The Morgan fingerprint density at radius 2 is 1.62 bits per heavy atom. The number of para-hydroxylation sites is 2. The number of sulfonamides is 1. The van der Waals surface area contributed by atoms with Crippen LogP contribution in [-0.2, 0) is 10.0 Å². The summed E-state index contributed by atoms with van der Waals surface area (Å²) in [5.41, 5.74) is 1.81. The lowest BCUT2D eigenvalue weighted by molar-refractivity contribution is 0.0664. The van der Waals surface area contributed by atoms with Gasteiger partial charge in [-0.1, -0.05) is 29.8 Å². The molecule has 10 nitrogen and oxygen atoms in total. The van der Waals surface area contributed by atoms with Gasteiger partial charge >= 0.3 is 0 Å². The summed E-state index contributed by atoms with van der Waals surface area (Å²) in [6.45, 7) is 2.69. The number of ether oxygens (including phenoxy) is 1. The standard InChI is InChI=1S/C27H27ClN6O4S/c1-33-12-14-34(15-13-33)27(35)18-6-5-7-20(16-18)39(36,37)32-26-25(29-22-8-3-4-9-23(22)30-26)31-24-17-19(38-2)10-11-21(24)28/h3-11,16-17H,12-15H2,1-2H3,(H,29,31)(H,30,32). The number of carbonyl (C=O) groups is 1. The molecular weight excluding hydrogens is 540 g/mol. The van der Waals surface area contributed by atoms with Gasteiger partial charge in [0.1, 0.15) is 5.75 Å². The number of anilines is 3. The summed E-state index contributed by atoms with van der Waals surface area (Å²) in [7, 11) is -0.610. The summed E-state index contributed by atoms with van der Waals surface area (Å²) in [6, 6.07) is 18.1. The highest BCUT2D eigenvalue weighted by Gasteiger charge is 2.24. The molecule has 202 valence electrons. The zero-order valence-electron chi connectivity index (χ0n) is 21.4. The Morgan fingerprint density at radius 1 is 0.923 bits per heavy atom. The zero-order chi connectivity index (χ0) is 27.6. The SMILES string of the molecule is COc1ccc(Cl)c(Nc2nc3ccccc3nc2NS(=O)(=O)c2cccc(C(=O)N3CCN(C)CC3)c2)c1. The summed E-state index contributed by atoms with van der Waals surface area (Å²) in [5.74, 6) is 0.473. The van der Waals surface area contributed by atoms with Crippen molar-refractivity contribution in [2.24, 2.45) is 0 Å². The second-order valence-electron chi connectivity index (χ2n) is 9.11. The number of aromatic nitrogens is 2. The lowest BCUT2D eigenvalue weighted by Crippen LogP contribution is -2.47. The van der Waals surface area contributed by atoms with E-state index in [2.05, 4.69) is 24.9 Å². The number of nitrogens with one attached hydrogen (secondary N) is 2. The van der Waals surface area contributed by atoms with Crippen LogP contribution >= 0.6 is 11.6 Å². The number of rotatable bonds is 7. The Labute approximate surface area is 231 Å². The van der Waals surface area contributed by atoms with Crippen LogP contribution in [0.5, 0.6) is 5.75 Å². The molecule has 12 heteroatoms. The number of methoxy groups -OCH3 is 1. The third kappa shape index (κ3) is 5.90. The van der Waals surface area contributed by atoms with Crippen molar-refractivity contribution in [1.82, 2.24) is 19.8 Å². The number of fused-ring (bicyclic) bond motifs is 1. The van der Waals surface area contributed by atoms with Crippen molar-refractivity contribution in [3.8, 4) is 5.75 Å². The Morgan fingerprint density at radius 3 is 2.31 bits per heavy atom. The van der Waals surface area contributed by atoms with E-state index in [1.165, 1.54) is 19.2 Å². The number of halogens is 1. The predicted molar refractivity (Wildman–Crippen MR) is 151 cm³/mol. The third-order valence-electron chi connectivity index (χ3n) is 6.41. The molecule has 1 aliphatic rings. The largest absolute Gasteiger partial charge is 0.497 e. The van der Waals surface area contributed by atoms with Crippen LogP contribution in [0.2, 0.25) is 5.02 Å².